The van der Waals surface area contributed by atoms with Gasteiger partial charge >= 0.3 is 5.95 Å². The van der Waals surface area contributed by atoms with Crippen molar-refractivity contribution in [2.45, 2.75) is 6.92 Å². The van der Waals surface area contributed by atoms with Crippen LogP contribution in [0.15, 0.2) is 70.1 Å². The minimum atomic E-state index is -0.497. The van der Waals surface area contributed by atoms with Gasteiger partial charge in [0.25, 0.3) is 5.91 Å². The lowest BCUT2D eigenvalue weighted by atomic mass is 10.2. The van der Waals surface area contributed by atoms with Crippen LogP contribution in [0.25, 0.3) is 5.70 Å². The van der Waals surface area contributed by atoms with Crippen LogP contribution in [-0.2, 0) is 4.84 Å². The van der Waals surface area contributed by atoms with Crippen LogP contribution in [0, 0.1) is 6.92 Å². The largest absolute Gasteiger partial charge is 0.497 e. The number of hydrogen-bond acceptors (Lipinski definition) is 9. The molecule has 0 spiro atoms. The van der Waals surface area contributed by atoms with E-state index in [1.165, 1.54) is 11.3 Å². The first kappa shape index (κ1) is 19.6. The summed E-state index contributed by atoms with van der Waals surface area (Å²) >= 11 is 1.18. The monoisotopic (exact) mass is 423 g/mol. The van der Waals surface area contributed by atoms with Crippen molar-refractivity contribution in [1.29, 1.82) is 0 Å². The van der Waals surface area contributed by atoms with Crippen molar-refractivity contribution in [1.82, 2.24) is 10.6 Å². The highest BCUT2D eigenvalue weighted by Crippen LogP contribution is 2.33. The van der Waals surface area contributed by atoms with Crippen molar-refractivity contribution in [3.63, 3.8) is 0 Å². The Morgan fingerprint density at radius 3 is 2.63 bits per heavy atom. The van der Waals surface area contributed by atoms with Crippen molar-refractivity contribution in [3.8, 4) is 5.75 Å². The Bertz CT molecular complexity index is 1120. The van der Waals surface area contributed by atoms with Gasteiger partial charge in [0.2, 0.25) is 5.13 Å². The van der Waals surface area contributed by atoms with Gasteiger partial charge in [-0.15, -0.1) is 21.6 Å². The molecule has 4 rings (SSSR count). The molecule has 2 aromatic carbocycles. The zero-order valence-electron chi connectivity index (χ0n) is 16.1. The van der Waals surface area contributed by atoms with Crippen LogP contribution >= 0.6 is 11.3 Å². The minimum absolute atomic E-state index is 0.267. The van der Waals surface area contributed by atoms with E-state index in [1.54, 1.807) is 41.8 Å². The Morgan fingerprint density at radius 1 is 1.20 bits per heavy atom. The van der Waals surface area contributed by atoms with Crippen LogP contribution in [0.5, 0.6) is 5.75 Å². The number of aromatic nitrogens is 1. The SMILES string of the molecule is COc1ccc(C(=O)N=Nc2nc(C3=C(O)ONN3c3ccc(C)cc3)cs2)cc1. The van der Waals surface area contributed by atoms with Gasteiger partial charge in [0.1, 0.15) is 11.4 Å². The number of nitrogens with one attached hydrogen (secondary N) is 1. The molecule has 0 saturated heterocycles. The summed E-state index contributed by atoms with van der Waals surface area (Å²) in [7, 11) is 1.55. The van der Waals surface area contributed by atoms with E-state index in [0.29, 0.717) is 22.7 Å². The fourth-order valence-electron chi connectivity index (χ4n) is 2.68. The third-order valence-corrected chi connectivity index (χ3v) is 4.97. The number of nitrogens with zero attached hydrogens (tertiary/aromatic N) is 4. The molecule has 3 aromatic rings. The standard InChI is InChI=1S/C20H17N5O4S/c1-12-3-7-14(8-4-12)25-17(19(27)29-24-25)16-11-30-20(21-16)23-22-18(26)13-5-9-15(28-2)10-6-13/h3-11,24,27H,1-2H3. The van der Waals surface area contributed by atoms with Crippen molar-refractivity contribution in [2.24, 2.45) is 10.2 Å². The summed E-state index contributed by atoms with van der Waals surface area (Å²) in [6, 6.07) is 14.2. The van der Waals surface area contributed by atoms with Crippen molar-refractivity contribution in [2.75, 3.05) is 12.1 Å². The van der Waals surface area contributed by atoms with Crippen molar-refractivity contribution >= 4 is 33.8 Å². The average Bonchev–Trinajstić information content (AvgIpc) is 3.39. The second-order valence-corrected chi connectivity index (χ2v) is 7.10. The smallest absolute Gasteiger partial charge is 0.327 e. The fraction of sp³-hybridized carbons (Fsp3) is 0.100. The number of ether oxygens (including phenoxy) is 1. The van der Waals surface area contributed by atoms with Crippen LogP contribution in [-0.4, -0.2) is 23.1 Å². The van der Waals surface area contributed by atoms with Crippen LogP contribution < -0.4 is 15.3 Å². The van der Waals surface area contributed by atoms with E-state index in [4.69, 9.17) is 9.57 Å². The number of aliphatic hydroxyl groups is 1. The fourth-order valence-corrected chi connectivity index (χ4v) is 3.30. The molecular weight excluding hydrogens is 406 g/mol. The number of amides is 1. The van der Waals surface area contributed by atoms with Crippen molar-refractivity contribution in [3.05, 3.63) is 76.7 Å². The first-order valence-corrected chi connectivity index (χ1v) is 9.71. The molecule has 1 amide bonds. The topological polar surface area (TPSA) is 109 Å². The average molecular weight is 423 g/mol. The van der Waals surface area contributed by atoms with E-state index < -0.39 is 5.91 Å². The van der Waals surface area contributed by atoms with Gasteiger partial charge in [0, 0.05) is 10.9 Å². The molecule has 2 heterocycles. The minimum Gasteiger partial charge on any atom is -0.497 e. The van der Waals surface area contributed by atoms with E-state index in [2.05, 4.69) is 20.8 Å². The van der Waals surface area contributed by atoms with Gasteiger partial charge in [-0.3, -0.25) is 4.79 Å². The first-order valence-electron chi connectivity index (χ1n) is 8.83. The Labute approximate surface area is 175 Å². The summed E-state index contributed by atoms with van der Waals surface area (Å²) < 4.78 is 5.07. The summed E-state index contributed by atoms with van der Waals surface area (Å²) in [6.07, 6.45) is 0. The molecule has 1 aliphatic rings. The maximum Gasteiger partial charge on any atom is 0.327 e. The summed E-state index contributed by atoms with van der Waals surface area (Å²) in [4.78, 5) is 21.6. The second-order valence-electron chi connectivity index (χ2n) is 6.27. The molecular formula is C20H17N5O4S. The number of aliphatic hydroxyl groups excluding tert-OH is 1. The van der Waals surface area contributed by atoms with Crippen LogP contribution in [0.4, 0.5) is 10.8 Å². The zero-order chi connectivity index (χ0) is 21.1. The Kier molecular flexibility index (Phi) is 5.42. The summed E-state index contributed by atoms with van der Waals surface area (Å²) in [5, 5.41) is 21.3. The lowest BCUT2D eigenvalue weighted by Gasteiger charge is -2.17. The lowest BCUT2D eigenvalue weighted by Crippen LogP contribution is -2.30. The number of methoxy groups -OCH3 is 1. The second kappa shape index (κ2) is 8.31. The third kappa shape index (κ3) is 4.00. The first-order chi connectivity index (χ1) is 14.5. The quantitative estimate of drug-likeness (QED) is 0.581. The molecule has 152 valence electrons. The number of carbonyl (C=O) groups is 1. The molecule has 0 fully saturated rings. The van der Waals surface area contributed by atoms with E-state index in [1.807, 2.05) is 31.2 Å². The number of hydrazine groups is 1. The van der Waals surface area contributed by atoms with E-state index in [-0.39, 0.29) is 11.1 Å². The molecule has 0 radical (unpaired) electrons. The predicted octanol–water partition coefficient (Wildman–Crippen LogP) is 4.52. The number of benzene rings is 2. The van der Waals surface area contributed by atoms with Gasteiger partial charge in [-0.05, 0) is 43.3 Å². The van der Waals surface area contributed by atoms with E-state index in [0.717, 1.165) is 11.3 Å². The molecule has 10 heteroatoms. The molecule has 2 N–H and O–H groups in total. The summed E-state index contributed by atoms with van der Waals surface area (Å²) in [5.41, 5.74) is 5.64. The number of azo groups is 1. The number of carbonyl (C=O) groups excluding carboxylic acids is 1. The highest BCUT2D eigenvalue weighted by molar-refractivity contribution is 7.13. The van der Waals surface area contributed by atoms with Crippen LogP contribution in [0.3, 0.4) is 0 Å². The maximum atomic E-state index is 12.2. The molecule has 0 aliphatic carbocycles. The predicted molar refractivity (Wildman–Crippen MR) is 111 cm³/mol. The number of thiazole rings is 1. The number of rotatable bonds is 5. The number of aryl methyl sites for hydroxylation is 1. The van der Waals surface area contributed by atoms with Gasteiger partial charge in [0.05, 0.1) is 12.8 Å². The van der Waals surface area contributed by atoms with Crippen LogP contribution in [0.1, 0.15) is 21.6 Å². The lowest BCUT2D eigenvalue weighted by molar-refractivity contribution is 0.0461. The van der Waals surface area contributed by atoms with E-state index >= 15 is 0 Å². The normalized spacial score (nSPS) is 13.7. The Balaban J connectivity index is 1.52. The maximum absolute atomic E-state index is 12.2. The van der Waals surface area contributed by atoms with Gasteiger partial charge in [-0.1, -0.05) is 23.3 Å². The number of anilines is 1. The summed E-state index contributed by atoms with van der Waals surface area (Å²) in [5.74, 6) is -0.172. The van der Waals surface area contributed by atoms with Crippen molar-refractivity contribution < 1.29 is 19.5 Å². The highest BCUT2D eigenvalue weighted by atomic mass is 32.1. The molecule has 0 unspecified atom stereocenters. The van der Waals surface area contributed by atoms with E-state index in [9.17, 15) is 9.90 Å². The highest BCUT2D eigenvalue weighted by Gasteiger charge is 2.29. The Morgan fingerprint density at radius 2 is 1.93 bits per heavy atom. The molecule has 9 nitrogen and oxygen atoms in total. The van der Waals surface area contributed by atoms with Gasteiger partial charge in [-0.25, -0.2) is 9.99 Å². The molecule has 1 aromatic heterocycles. The van der Waals surface area contributed by atoms with Crippen LogP contribution in [0.2, 0.25) is 0 Å². The molecule has 1 aliphatic heterocycles. The van der Waals surface area contributed by atoms with Gasteiger partial charge in [0.15, 0.2) is 5.70 Å². The molecule has 0 atom stereocenters. The Hall–Kier alpha value is -3.76. The molecule has 30 heavy (non-hydrogen) atoms. The molecule has 0 bridgehead atoms. The number of hydrogen-bond donors (Lipinski definition) is 2. The van der Waals surface area contributed by atoms with Gasteiger partial charge in [-0.2, -0.15) is 0 Å². The summed E-state index contributed by atoms with van der Waals surface area (Å²) in [6.45, 7) is 1.98. The van der Waals surface area contributed by atoms with Gasteiger partial charge < -0.3 is 14.7 Å². The zero-order valence-corrected chi connectivity index (χ0v) is 16.9. The molecule has 0 saturated carbocycles. The third-order valence-electron chi connectivity index (χ3n) is 4.25.